The largest absolute Gasteiger partial charge is 0.299 e. The number of nitrogens with one attached hydrogen (secondary N) is 1. The number of aryl methyl sites for hydroxylation is 1. The van der Waals surface area contributed by atoms with Gasteiger partial charge in [0.1, 0.15) is 11.0 Å². The van der Waals surface area contributed by atoms with E-state index in [1.807, 2.05) is 55.5 Å². The molecule has 0 saturated carbocycles. The summed E-state index contributed by atoms with van der Waals surface area (Å²) < 4.78 is 28.4. The summed E-state index contributed by atoms with van der Waals surface area (Å²) in [4.78, 5) is 13.3. The van der Waals surface area contributed by atoms with Crippen LogP contribution in [0.5, 0.6) is 0 Å². The zero-order valence-corrected chi connectivity index (χ0v) is 19.6. The second kappa shape index (κ2) is 8.66. The van der Waals surface area contributed by atoms with Gasteiger partial charge < -0.3 is 0 Å². The summed E-state index contributed by atoms with van der Waals surface area (Å²) >= 11 is 1.26. The molecule has 0 aliphatic carbocycles. The van der Waals surface area contributed by atoms with Gasteiger partial charge in [0.05, 0.1) is 4.90 Å². The normalized spacial score (nSPS) is 16.8. The van der Waals surface area contributed by atoms with Crippen LogP contribution in [0.3, 0.4) is 0 Å². The van der Waals surface area contributed by atoms with Crippen LogP contribution in [0.25, 0.3) is 21.3 Å². The zero-order valence-electron chi connectivity index (χ0n) is 17.9. The van der Waals surface area contributed by atoms with Crippen LogP contribution in [0.15, 0.2) is 71.6 Å². The van der Waals surface area contributed by atoms with Crippen LogP contribution < -0.4 is 5.32 Å². The lowest BCUT2D eigenvalue weighted by Crippen LogP contribution is -2.43. The van der Waals surface area contributed by atoms with Gasteiger partial charge in [-0.3, -0.25) is 10.1 Å². The van der Waals surface area contributed by atoms with E-state index in [9.17, 15) is 13.2 Å². The molecule has 0 radical (unpaired) electrons. The van der Waals surface area contributed by atoms with Crippen molar-refractivity contribution in [3.8, 4) is 10.6 Å². The number of aromatic nitrogens is 2. The van der Waals surface area contributed by atoms with Crippen LogP contribution in [-0.2, 0) is 14.8 Å². The first kappa shape index (κ1) is 21.7. The topological polar surface area (TPSA) is 92.3 Å². The number of nitrogens with zero attached hydrogens (tertiary/aromatic N) is 3. The Balaban J connectivity index is 1.38. The number of rotatable bonds is 5. The highest BCUT2D eigenvalue weighted by Crippen LogP contribution is 2.32. The fraction of sp³-hybridized carbons (Fsp3) is 0.208. The van der Waals surface area contributed by atoms with Crippen molar-refractivity contribution in [2.75, 3.05) is 11.9 Å². The maximum Gasteiger partial charge on any atom is 0.244 e. The summed E-state index contributed by atoms with van der Waals surface area (Å²) in [6, 6.07) is 19.7. The van der Waals surface area contributed by atoms with Crippen molar-refractivity contribution in [2.24, 2.45) is 0 Å². The average Bonchev–Trinajstić information content (AvgIpc) is 3.49. The van der Waals surface area contributed by atoms with Crippen molar-refractivity contribution in [1.82, 2.24) is 14.5 Å². The molecule has 1 aliphatic heterocycles. The maximum atomic E-state index is 13.6. The summed E-state index contributed by atoms with van der Waals surface area (Å²) in [6.07, 6.45) is 1.08. The first-order chi connectivity index (χ1) is 15.9. The van der Waals surface area contributed by atoms with E-state index in [-0.39, 0.29) is 10.8 Å². The summed E-state index contributed by atoms with van der Waals surface area (Å²) in [5.41, 5.74) is 2.06. The fourth-order valence-corrected chi connectivity index (χ4v) is 6.74. The van der Waals surface area contributed by atoms with Crippen molar-refractivity contribution in [3.05, 3.63) is 72.3 Å². The minimum absolute atomic E-state index is 0.220. The molecule has 1 N–H and O–H groups in total. The molecule has 3 aromatic carbocycles. The van der Waals surface area contributed by atoms with Gasteiger partial charge in [0, 0.05) is 17.5 Å². The van der Waals surface area contributed by atoms with Gasteiger partial charge in [-0.15, -0.1) is 10.2 Å². The molecule has 168 valence electrons. The number of carbonyl (C=O) groups excluding carboxylic acids is 1. The third-order valence-corrected chi connectivity index (χ3v) is 8.65. The van der Waals surface area contributed by atoms with Gasteiger partial charge in [-0.1, -0.05) is 77.6 Å². The molecule has 1 amide bonds. The monoisotopic (exact) mass is 478 g/mol. The van der Waals surface area contributed by atoms with E-state index in [1.54, 1.807) is 18.2 Å². The van der Waals surface area contributed by atoms with Crippen LogP contribution >= 0.6 is 11.3 Å². The number of benzene rings is 3. The van der Waals surface area contributed by atoms with Gasteiger partial charge in [0.15, 0.2) is 0 Å². The van der Waals surface area contributed by atoms with Crippen molar-refractivity contribution >= 4 is 43.2 Å². The van der Waals surface area contributed by atoms with Crippen LogP contribution in [0.2, 0.25) is 0 Å². The number of fused-ring (bicyclic) bond motifs is 1. The van der Waals surface area contributed by atoms with Gasteiger partial charge in [0.25, 0.3) is 0 Å². The summed E-state index contributed by atoms with van der Waals surface area (Å²) in [7, 11) is -3.85. The lowest BCUT2D eigenvalue weighted by atomic mass is 10.1. The molecule has 9 heteroatoms. The highest BCUT2D eigenvalue weighted by Gasteiger charge is 2.40. The van der Waals surface area contributed by atoms with E-state index in [4.69, 9.17) is 0 Å². The molecule has 33 heavy (non-hydrogen) atoms. The molecule has 1 saturated heterocycles. The van der Waals surface area contributed by atoms with Gasteiger partial charge in [0.2, 0.25) is 21.1 Å². The quantitative estimate of drug-likeness (QED) is 0.457. The van der Waals surface area contributed by atoms with Crippen molar-refractivity contribution < 1.29 is 13.2 Å². The Morgan fingerprint density at radius 3 is 2.61 bits per heavy atom. The summed E-state index contributed by atoms with van der Waals surface area (Å²) in [5.74, 6) is -0.386. The Hall–Kier alpha value is -3.14. The van der Waals surface area contributed by atoms with Gasteiger partial charge in [-0.05, 0) is 31.2 Å². The van der Waals surface area contributed by atoms with Gasteiger partial charge in [-0.2, -0.15) is 4.31 Å². The smallest absolute Gasteiger partial charge is 0.244 e. The first-order valence-electron chi connectivity index (χ1n) is 10.6. The Labute approximate surface area is 196 Å². The van der Waals surface area contributed by atoms with E-state index in [1.165, 1.54) is 15.6 Å². The van der Waals surface area contributed by atoms with E-state index >= 15 is 0 Å². The highest BCUT2D eigenvalue weighted by atomic mass is 32.2. The number of anilines is 1. The van der Waals surface area contributed by atoms with Crippen LogP contribution in [0.1, 0.15) is 18.4 Å². The molecule has 0 bridgehead atoms. The molecule has 1 fully saturated rings. The molecular formula is C24H22N4O3S2. The molecule has 1 aromatic heterocycles. The molecule has 1 unspecified atom stereocenters. The van der Waals surface area contributed by atoms with Gasteiger partial charge in [-0.25, -0.2) is 8.42 Å². The number of carbonyl (C=O) groups is 1. The Kier molecular flexibility index (Phi) is 5.69. The molecule has 1 atom stereocenters. The Bertz CT molecular complexity index is 1430. The van der Waals surface area contributed by atoms with Crippen LogP contribution in [0, 0.1) is 6.92 Å². The Morgan fingerprint density at radius 2 is 1.79 bits per heavy atom. The third kappa shape index (κ3) is 4.15. The maximum absolute atomic E-state index is 13.6. The van der Waals surface area contributed by atoms with E-state index in [0.717, 1.165) is 16.5 Å². The fourth-order valence-electron chi connectivity index (χ4n) is 4.11. The van der Waals surface area contributed by atoms with E-state index in [2.05, 4.69) is 15.5 Å². The predicted octanol–water partition coefficient (Wildman–Crippen LogP) is 4.46. The van der Waals surface area contributed by atoms with Crippen LogP contribution in [0.4, 0.5) is 5.13 Å². The summed E-state index contributed by atoms with van der Waals surface area (Å²) in [6.45, 7) is 2.31. The molecule has 2 heterocycles. The first-order valence-corrected chi connectivity index (χ1v) is 12.9. The second-order valence-electron chi connectivity index (χ2n) is 8.02. The average molecular weight is 479 g/mol. The number of amides is 1. The number of hydrogen-bond donors (Lipinski definition) is 1. The number of hydrogen-bond acceptors (Lipinski definition) is 6. The molecule has 4 aromatic rings. The lowest BCUT2D eigenvalue weighted by molar-refractivity contribution is -0.119. The number of sulfonamides is 1. The molecular weight excluding hydrogens is 456 g/mol. The third-order valence-electron chi connectivity index (χ3n) is 5.80. The van der Waals surface area contributed by atoms with Crippen molar-refractivity contribution in [1.29, 1.82) is 0 Å². The molecule has 1 aliphatic rings. The van der Waals surface area contributed by atoms with Gasteiger partial charge >= 0.3 is 0 Å². The second-order valence-corrected chi connectivity index (χ2v) is 10.9. The van der Waals surface area contributed by atoms with E-state index in [0.29, 0.717) is 34.9 Å². The SMILES string of the molecule is Cc1ccc(-c2nnc(NC(=O)C3CCCN3S(=O)(=O)c3cccc4ccccc34)s2)cc1. The lowest BCUT2D eigenvalue weighted by Gasteiger charge is -2.23. The van der Waals surface area contributed by atoms with Crippen molar-refractivity contribution in [3.63, 3.8) is 0 Å². The standard InChI is InChI=1S/C24H22N4O3S2/c1-16-11-13-18(14-12-16)23-26-27-24(32-23)25-22(29)20-9-5-15-28(20)33(30,31)21-10-4-7-17-6-2-3-8-19(17)21/h2-4,6-8,10-14,20H,5,9,15H2,1H3,(H,25,27,29). The minimum atomic E-state index is -3.85. The minimum Gasteiger partial charge on any atom is -0.299 e. The van der Waals surface area contributed by atoms with Crippen LogP contribution in [-0.4, -0.2) is 41.4 Å². The molecule has 7 nitrogen and oxygen atoms in total. The highest BCUT2D eigenvalue weighted by molar-refractivity contribution is 7.89. The molecule has 5 rings (SSSR count). The predicted molar refractivity (Wildman–Crippen MR) is 130 cm³/mol. The Morgan fingerprint density at radius 1 is 1.03 bits per heavy atom. The zero-order chi connectivity index (χ0) is 23.0. The van der Waals surface area contributed by atoms with Crippen molar-refractivity contribution in [2.45, 2.75) is 30.7 Å². The molecule has 0 spiro atoms. The summed E-state index contributed by atoms with van der Waals surface area (Å²) in [5, 5.41) is 13.6. The van der Waals surface area contributed by atoms with E-state index < -0.39 is 16.1 Å².